The lowest BCUT2D eigenvalue weighted by atomic mass is 9.87. The van der Waals surface area contributed by atoms with Gasteiger partial charge in [0.05, 0.1) is 11.6 Å². The minimum atomic E-state index is 0.206. The zero-order valence-corrected chi connectivity index (χ0v) is 13.7. The van der Waals surface area contributed by atoms with Gasteiger partial charge in [-0.15, -0.1) is 0 Å². The van der Waals surface area contributed by atoms with Crippen molar-refractivity contribution in [2.24, 2.45) is 0 Å². The van der Waals surface area contributed by atoms with E-state index in [2.05, 4.69) is 51.1 Å². The van der Waals surface area contributed by atoms with Crippen molar-refractivity contribution in [1.82, 2.24) is 0 Å². The summed E-state index contributed by atoms with van der Waals surface area (Å²) in [5.41, 5.74) is 4.81. The van der Waals surface area contributed by atoms with Crippen LogP contribution in [-0.4, -0.2) is 0 Å². The van der Waals surface area contributed by atoms with Gasteiger partial charge in [0.2, 0.25) is 0 Å². The van der Waals surface area contributed by atoms with E-state index in [1.165, 1.54) is 11.1 Å². The monoisotopic (exact) mass is 295 g/mol. The highest BCUT2D eigenvalue weighted by Gasteiger charge is 2.12. The van der Waals surface area contributed by atoms with Crippen LogP contribution in [-0.2, 0) is 16.9 Å². The predicted molar refractivity (Wildman–Crippen MR) is 91.3 cm³/mol. The van der Waals surface area contributed by atoms with Crippen LogP contribution >= 0.6 is 11.8 Å². The number of benzene rings is 2. The van der Waals surface area contributed by atoms with Gasteiger partial charge in [-0.05, 0) is 28.2 Å². The molecule has 0 heterocycles. The van der Waals surface area contributed by atoms with E-state index >= 15 is 0 Å². The average Bonchev–Trinajstić information content (AvgIpc) is 2.47. The standard InChI is InChI=1S/C19H21NS/c1-19(2,3)18-10-8-15(9-11-18)13-21-14-17-7-5-4-6-16(17)12-20/h4-11H,13-14H2,1-3H3. The molecule has 0 saturated carbocycles. The molecule has 0 aliphatic heterocycles. The van der Waals surface area contributed by atoms with Crippen LogP contribution in [0.3, 0.4) is 0 Å². The molecule has 108 valence electrons. The van der Waals surface area contributed by atoms with Crippen LogP contribution in [0.4, 0.5) is 0 Å². The second-order valence-electron chi connectivity index (χ2n) is 6.21. The molecule has 0 saturated heterocycles. The van der Waals surface area contributed by atoms with Crippen LogP contribution in [0.2, 0.25) is 0 Å². The van der Waals surface area contributed by atoms with E-state index in [0.717, 1.165) is 22.6 Å². The molecular weight excluding hydrogens is 274 g/mol. The molecule has 2 aromatic rings. The molecule has 0 unspecified atom stereocenters. The molecule has 0 atom stereocenters. The molecule has 0 amide bonds. The van der Waals surface area contributed by atoms with Crippen molar-refractivity contribution in [3.8, 4) is 6.07 Å². The Hall–Kier alpha value is -1.72. The molecule has 2 heteroatoms. The molecule has 0 spiro atoms. The third-order valence-corrected chi connectivity index (χ3v) is 4.54. The van der Waals surface area contributed by atoms with Gasteiger partial charge in [0, 0.05) is 11.5 Å². The minimum Gasteiger partial charge on any atom is -0.192 e. The number of nitriles is 1. The van der Waals surface area contributed by atoms with Gasteiger partial charge < -0.3 is 0 Å². The second kappa shape index (κ2) is 6.83. The van der Waals surface area contributed by atoms with E-state index in [4.69, 9.17) is 5.26 Å². The van der Waals surface area contributed by atoms with E-state index in [1.807, 2.05) is 36.0 Å². The Morgan fingerprint density at radius 2 is 1.62 bits per heavy atom. The summed E-state index contributed by atoms with van der Waals surface area (Å²) in [6, 6.07) is 19.0. The van der Waals surface area contributed by atoms with E-state index in [9.17, 15) is 0 Å². The summed E-state index contributed by atoms with van der Waals surface area (Å²) in [6.07, 6.45) is 0. The summed E-state index contributed by atoms with van der Waals surface area (Å²) in [6.45, 7) is 6.70. The molecule has 0 radical (unpaired) electrons. The van der Waals surface area contributed by atoms with Gasteiger partial charge in [-0.25, -0.2) is 0 Å². The molecule has 0 aliphatic carbocycles. The van der Waals surface area contributed by atoms with Gasteiger partial charge in [-0.2, -0.15) is 17.0 Å². The maximum Gasteiger partial charge on any atom is 0.0994 e. The van der Waals surface area contributed by atoms with E-state index in [0.29, 0.717) is 0 Å². The highest BCUT2D eigenvalue weighted by atomic mass is 32.2. The zero-order chi connectivity index (χ0) is 15.3. The van der Waals surface area contributed by atoms with Gasteiger partial charge in [0.25, 0.3) is 0 Å². The fourth-order valence-corrected chi connectivity index (χ4v) is 3.14. The minimum absolute atomic E-state index is 0.206. The molecule has 0 fully saturated rings. The topological polar surface area (TPSA) is 23.8 Å². The van der Waals surface area contributed by atoms with Crippen molar-refractivity contribution in [3.05, 3.63) is 70.8 Å². The van der Waals surface area contributed by atoms with Crippen LogP contribution in [0.1, 0.15) is 43.0 Å². The van der Waals surface area contributed by atoms with Crippen molar-refractivity contribution < 1.29 is 0 Å². The molecule has 1 nitrogen and oxygen atoms in total. The van der Waals surface area contributed by atoms with E-state index < -0.39 is 0 Å². The maximum atomic E-state index is 9.08. The number of rotatable bonds is 4. The highest BCUT2D eigenvalue weighted by molar-refractivity contribution is 7.97. The molecule has 0 aliphatic rings. The Morgan fingerprint density at radius 3 is 2.24 bits per heavy atom. The van der Waals surface area contributed by atoms with Gasteiger partial charge in [-0.1, -0.05) is 63.2 Å². The third kappa shape index (κ3) is 4.37. The van der Waals surface area contributed by atoms with Gasteiger partial charge in [0.1, 0.15) is 0 Å². The summed E-state index contributed by atoms with van der Waals surface area (Å²) in [5, 5.41) is 9.08. The lowest BCUT2D eigenvalue weighted by Gasteiger charge is -2.19. The lowest BCUT2D eigenvalue weighted by molar-refractivity contribution is 0.590. The molecule has 21 heavy (non-hydrogen) atoms. The fourth-order valence-electron chi connectivity index (χ4n) is 2.14. The fraction of sp³-hybridized carbons (Fsp3) is 0.316. The first-order valence-corrected chi connectivity index (χ1v) is 8.31. The Kier molecular flexibility index (Phi) is 5.09. The van der Waals surface area contributed by atoms with Crippen molar-refractivity contribution in [1.29, 1.82) is 5.26 Å². The Labute approximate surface area is 132 Å². The lowest BCUT2D eigenvalue weighted by Crippen LogP contribution is -2.10. The number of nitrogens with zero attached hydrogens (tertiary/aromatic N) is 1. The van der Waals surface area contributed by atoms with Gasteiger partial charge in [-0.3, -0.25) is 0 Å². The summed E-state index contributed by atoms with van der Waals surface area (Å²) in [4.78, 5) is 0. The molecule has 0 N–H and O–H groups in total. The Morgan fingerprint density at radius 1 is 0.952 bits per heavy atom. The third-order valence-electron chi connectivity index (χ3n) is 3.48. The van der Waals surface area contributed by atoms with E-state index in [-0.39, 0.29) is 5.41 Å². The van der Waals surface area contributed by atoms with Crippen LogP contribution in [0.25, 0.3) is 0 Å². The van der Waals surface area contributed by atoms with E-state index in [1.54, 1.807) is 0 Å². The quantitative estimate of drug-likeness (QED) is 0.765. The highest BCUT2D eigenvalue weighted by Crippen LogP contribution is 2.24. The number of hydrogen-bond acceptors (Lipinski definition) is 2. The first-order chi connectivity index (χ1) is 10.0. The molecular formula is C19H21NS. The van der Waals surface area contributed by atoms with Crippen LogP contribution < -0.4 is 0 Å². The summed E-state index contributed by atoms with van der Waals surface area (Å²) < 4.78 is 0. The van der Waals surface area contributed by atoms with Crippen molar-refractivity contribution in [3.63, 3.8) is 0 Å². The predicted octanol–water partition coefficient (Wildman–Crippen LogP) is 5.29. The van der Waals surface area contributed by atoms with Crippen molar-refractivity contribution in [2.75, 3.05) is 0 Å². The van der Waals surface area contributed by atoms with Gasteiger partial charge >= 0.3 is 0 Å². The van der Waals surface area contributed by atoms with Crippen molar-refractivity contribution >= 4 is 11.8 Å². The first kappa shape index (κ1) is 15.7. The smallest absolute Gasteiger partial charge is 0.0994 e. The zero-order valence-electron chi connectivity index (χ0n) is 12.9. The average molecular weight is 295 g/mol. The molecule has 0 aromatic heterocycles. The number of hydrogen-bond donors (Lipinski definition) is 0. The summed E-state index contributed by atoms with van der Waals surface area (Å²) >= 11 is 1.85. The SMILES string of the molecule is CC(C)(C)c1ccc(CSCc2ccccc2C#N)cc1. The summed E-state index contributed by atoms with van der Waals surface area (Å²) in [5.74, 6) is 1.86. The normalized spacial score (nSPS) is 11.1. The van der Waals surface area contributed by atoms with Crippen LogP contribution in [0.5, 0.6) is 0 Å². The largest absolute Gasteiger partial charge is 0.192 e. The summed E-state index contributed by atoms with van der Waals surface area (Å²) in [7, 11) is 0. The maximum absolute atomic E-state index is 9.08. The Bertz CT molecular complexity index is 630. The molecule has 0 bridgehead atoms. The molecule has 2 aromatic carbocycles. The molecule has 2 rings (SSSR count). The number of thioether (sulfide) groups is 1. The van der Waals surface area contributed by atoms with Gasteiger partial charge in [0.15, 0.2) is 0 Å². The Balaban J connectivity index is 1.94. The van der Waals surface area contributed by atoms with Crippen molar-refractivity contribution in [2.45, 2.75) is 37.7 Å². The van der Waals surface area contributed by atoms with Crippen LogP contribution in [0, 0.1) is 11.3 Å². The first-order valence-electron chi connectivity index (χ1n) is 7.16. The second-order valence-corrected chi connectivity index (χ2v) is 7.19. The van der Waals surface area contributed by atoms with Crippen LogP contribution in [0.15, 0.2) is 48.5 Å².